The Bertz CT molecular complexity index is 896. The number of methoxy groups -OCH3 is 1. The second kappa shape index (κ2) is 8.66. The molecule has 0 atom stereocenters. The van der Waals surface area contributed by atoms with Gasteiger partial charge in [-0.25, -0.2) is 9.97 Å². The Morgan fingerprint density at radius 3 is 2.48 bits per heavy atom. The molecule has 0 saturated heterocycles. The van der Waals surface area contributed by atoms with Gasteiger partial charge in [-0.05, 0) is 43.3 Å². The number of nitrogens with zero attached hydrogens (tertiary/aromatic N) is 2. The summed E-state index contributed by atoms with van der Waals surface area (Å²) < 4.78 is 10.6. The van der Waals surface area contributed by atoms with Gasteiger partial charge in [-0.3, -0.25) is 4.79 Å². The van der Waals surface area contributed by atoms with Crippen LogP contribution in [0.1, 0.15) is 17.4 Å². The second-order valence-corrected chi connectivity index (χ2v) is 5.56. The number of carbonyl (C=O) groups is 1. The average molecular weight is 364 g/mol. The molecule has 0 saturated carbocycles. The summed E-state index contributed by atoms with van der Waals surface area (Å²) in [5.74, 6) is 1.68. The minimum atomic E-state index is -0.334. The van der Waals surface area contributed by atoms with Crippen LogP contribution in [0, 0.1) is 0 Å². The topological polar surface area (TPSA) is 85.4 Å². The average Bonchev–Trinajstić information content (AvgIpc) is 2.70. The summed E-state index contributed by atoms with van der Waals surface area (Å²) in [4.78, 5) is 20.7. The van der Waals surface area contributed by atoms with E-state index in [1.165, 1.54) is 12.4 Å². The highest BCUT2D eigenvalue weighted by Crippen LogP contribution is 2.20. The summed E-state index contributed by atoms with van der Waals surface area (Å²) in [6.45, 7) is 2.51. The quantitative estimate of drug-likeness (QED) is 0.662. The number of rotatable bonds is 7. The van der Waals surface area contributed by atoms with Crippen molar-refractivity contribution in [2.24, 2.45) is 0 Å². The molecule has 1 aromatic heterocycles. The molecule has 7 heteroatoms. The smallest absolute Gasteiger partial charge is 0.275 e. The zero-order chi connectivity index (χ0) is 19.1. The van der Waals surface area contributed by atoms with Crippen molar-refractivity contribution in [1.82, 2.24) is 9.97 Å². The molecule has 2 N–H and O–H groups in total. The zero-order valence-electron chi connectivity index (χ0n) is 15.1. The van der Waals surface area contributed by atoms with Crippen molar-refractivity contribution in [2.75, 3.05) is 24.4 Å². The lowest BCUT2D eigenvalue weighted by molar-refractivity contribution is 0.102. The van der Waals surface area contributed by atoms with Crippen LogP contribution in [0.3, 0.4) is 0 Å². The minimum absolute atomic E-state index is 0.222. The lowest BCUT2D eigenvalue weighted by atomic mass is 10.3. The molecule has 138 valence electrons. The third kappa shape index (κ3) is 4.94. The Labute approximate surface area is 157 Å². The predicted molar refractivity (Wildman–Crippen MR) is 104 cm³/mol. The molecular formula is C20H20N4O3. The normalized spacial score (nSPS) is 10.1. The number of benzene rings is 2. The lowest BCUT2D eigenvalue weighted by Crippen LogP contribution is -2.14. The molecule has 0 spiro atoms. The van der Waals surface area contributed by atoms with E-state index in [1.807, 2.05) is 31.2 Å². The van der Waals surface area contributed by atoms with E-state index in [4.69, 9.17) is 9.47 Å². The first-order chi connectivity index (χ1) is 13.2. The minimum Gasteiger partial charge on any atom is -0.497 e. The van der Waals surface area contributed by atoms with E-state index in [9.17, 15) is 4.79 Å². The maximum Gasteiger partial charge on any atom is 0.275 e. The molecule has 2 aromatic carbocycles. The number of nitrogens with one attached hydrogen (secondary N) is 2. The van der Waals surface area contributed by atoms with Gasteiger partial charge >= 0.3 is 0 Å². The summed E-state index contributed by atoms with van der Waals surface area (Å²) in [6, 6.07) is 14.6. The highest BCUT2D eigenvalue weighted by atomic mass is 16.5. The maximum absolute atomic E-state index is 12.3. The molecule has 0 bridgehead atoms. The van der Waals surface area contributed by atoms with E-state index < -0.39 is 0 Å². The van der Waals surface area contributed by atoms with Crippen molar-refractivity contribution in [3.63, 3.8) is 0 Å². The van der Waals surface area contributed by atoms with E-state index in [0.29, 0.717) is 18.1 Å². The number of anilines is 3. The molecule has 1 amide bonds. The molecule has 7 nitrogen and oxygen atoms in total. The third-order valence-corrected chi connectivity index (χ3v) is 3.65. The van der Waals surface area contributed by atoms with Crippen LogP contribution in [0.4, 0.5) is 17.2 Å². The fourth-order valence-electron chi connectivity index (χ4n) is 2.35. The zero-order valence-corrected chi connectivity index (χ0v) is 15.1. The van der Waals surface area contributed by atoms with E-state index >= 15 is 0 Å². The van der Waals surface area contributed by atoms with Crippen LogP contribution in [0.5, 0.6) is 11.5 Å². The molecule has 0 aliphatic carbocycles. The van der Waals surface area contributed by atoms with Gasteiger partial charge in [-0.2, -0.15) is 0 Å². The van der Waals surface area contributed by atoms with Crippen molar-refractivity contribution in [3.05, 3.63) is 66.6 Å². The molecule has 3 rings (SSSR count). The van der Waals surface area contributed by atoms with Gasteiger partial charge in [0.25, 0.3) is 5.91 Å². The van der Waals surface area contributed by atoms with Crippen LogP contribution in [-0.2, 0) is 0 Å². The summed E-state index contributed by atoms with van der Waals surface area (Å²) in [5.41, 5.74) is 1.69. The molecule has 27 heavy (non-hydrogen) atoms. The molecular weight excluding hydrogens is 344 g/mol. The Morgan fingerprint density at radius 1 is 1.00 bits per heavy atom. The van der Waals surface area contributed by atoms with Gasteiger partial charge in [0, 0.05) is 17.4 Å². The molecule has 3 aromatic rings. The van der Waals surface area contributed by atoms with E-state index in [-0.39, 0.29) is 11.6 Å². The van der Waals surface area contributed by atoms with Crippen LogP contribution < -0.4 is 20.1 Å². The largest absolute Gasteiger partial charge is 0.497 e. The number of ether oxygens (including phenoxy) is 2. The fraction of sp³-hybridized carbons (Fsp3) is 0.150. The highest BCUT2D eigenvalue weighted by molar-refractivity contribution is 6.02. The maximum atomic E-state index is 12.3. The Kier molecular flexibility index (Phi) is 5.84. The SMILES string of the molecule is CCOc1ccc(NC(=O)c2cnc(Nc3cccc(OC)c3)cn2)cc1. The van der Waals surface area contributed by atoms with E-state index in [0.717, 1.165) is 17.2 Å². The second-order valence-electron chi connectivity index (χ2n) is 5.56. The predicted octanol–water partition coefficient (Wildman–Crippen LogP) is 3.88. The highest BCUT2D eigenvalue weighted by Gasteiger charge is 2.09. The number of hydrogen-bond donors (Lipinski definition) is 2. The van der Waals surface area contributed by atoms with Crippen molar-refractivity contribution in [2.45, 2.75) is 6.92 Å². The Morgan fingerprint density at radius 2 is 1.81 bits per heavy atom. The van der Waals surface area contributed by atoms with Gasteiger partial charge < -0.3 is 20.1 Å². The van der Waals surface area contributed by atoms with Gasteiger partial charge in [-0.15, -0.1) is 0 Å². The van der Waals surface area contributed by atoms with Crippen LogP contribution in [0.15, 0.2) is 60.9 Å². The van der Waals surface area contributed by atoms with Crippen molar-refractivity contribution in [3.8, 4) is 11.5 Å². The Balaban J connectivity index is 1.62. The van der Waals surface area contributed by atoms with Crippen LogP contribution >= 0.6 is 0 Å². The monoisotopic (exact) mass is 364 g/mol. The molecule has 0 fully saturated rings. The van der Waals surface area contributed by atoms with Gasteiger partial charge in [0.2, 0.25) is 0 Å². The standard InChI is InChI=1S/C20H20N4O3/c1-3-27-16-9-7-14(8-10-16)24-20(25)18-12-22-19(13-21-18)23-15-5-4-6-17(11-15)26-2/h4-13H,3H2,1-2H3,(H,22,23)(H,24,25). The molecule has 1 heterocycles. The summed E-state index contributed by atoms with van der Waals surface area (Å²) >= 11 is 0. The number of aromatic nitrogens is 2. The molecule has 0 aliphatic rings. The van der Waals surface area contributed by atoms with Gasteiger partial charge in [0.05, 0.1) is 26.1 Å². The Hall–Kier alpha value is -3.61. The summed E-state index contributed by atoms with van der Waals surface area (Å²) in [5, 5.41) is 5.89. The van der Waals surface area contributed by atoms with Crippen molar-refractivity contribution in [1.29, 1.82) is 0 Å². The lowest BCUT2D eigenvalue weighted by Gasteiger charge is -2.08. The number of hydrogen-bond acceptors (Lipinski definition) is 6. The van der Waals surface area contributed by atoms with E-state index in [1.54, 1.807) is 31.4 Å². The number of amides is 1. The van der Waals surface area contributed by atoms with Gasteiger partial charge in [0.1, 0.15) is 23.0 Å². The van der Waals surface area contributed by atoms with Gasteiger partial charge in [-0.1, -0.05) is 6.07 Å². The molecule has 0 aliphatic heterocycles. The van der Waals surface area contributed by atoms with Crippen LogP contribution in [0.25, 0.3) is 0 Å². The first kappa shape index (κ1) is 18.2. The van der Waals surface area contributed by atoms with Gasteiger partial charge in [0.15, 0.2) is 0 Å². The third-order valence-electron chi connectivity index (χ3n) is 3.65. The fourth-order valence-corrected chi connectivity index (χ4v) is 2.35. The first-order valence-corrected chi connectivity index (χ1v) is 8.45. The molecule has 0 unspecified atom stereocenters. The summed E-state index contributed by atoms with van der Waals surface area (Å²) in [7, 11) is 1.61. The van der Waals surface area contributed by atoms with Crippen LogP contribution in [-0.4, -0.2) is 29.6 Å². The van der Waals surface area contributed by atoms with Crippen molar-refractivity contribution >= 4 is 23.1 Å². The van der Waals surface area contributed by atoms with Crippen molar-refractivity contribution < 1.29 is 14.3 Å². The molecule has 0 radical (unpaired) electrons. The summed E-state index contributed by atoms with van der Waals surface area (Å²) in [6.07, 6.45) is 2.93. The van der Waals surface area contributed by atoms with Crippen LogP contribution in [0.2, 0.25) is 0 Å². The van der Waals surface area contributed by atoms with E-state index in [2.05, 4.69) is 20.6 Å². The number of carbonyl (C=O) groups excluding carboxylic acids is 1. The first-order valence-electron chi connectivity index (χ1n) is 8.45.